The quantitative estimate of drug-likeness (QED) is 0.664. The van der Waals surface area contributed by atoms with Crippen molar-refractivity contribution in [3.05, 3.63) is 23.3 Å². The largest absolute Gasteiger partial charge is 0.496 e. The van der Waals surface area contributed by atoms with Gasteiger partial charge < -0.3 is 15.2 Å². The highest BCUT2D eigenvalue weighted by Gasteiger charge is 2.12. The molecule has 2 N–H and O–H groups in total. The zero-order chi connectivity index (χ0) is 14.1. The summed E-state index contributed by atoms with van der Waals surface area (Å²) in [5.41, 5.74) is 7.24. The second kappa shape index (κ2) is 8.39. The van der Waals surface area contributed by atoms with Gasteiger partial charge in [-0.1, -0.05) is 26.7 Å². The van der Waals surface area contributed by atoms with Crippen LogP contribution in [-0.4, -0.2) is 20.2 Å². The molecule has 4 heteroatoms. The van der Waals surface area contributed by atoms with Crippen LogP contribution in [0.3, 0.4) is 0 Å². The number of nitrogens with two attached hydrogens (primary N) is 1. The molecule has 0 saturated heterocycles. The first-order valence-electron chi connectivity index (χ1n) is 6.04. The summed E-state index contributed by atoms with van der Waals surface area (Å²) in [5.74, 6) is 0.225. The van der Waals surface area contributed by atoms with Crippen molar-refractivity contribution in [3.63, 3.8) is 0 Å². The van der Waals surface area contributed by atoms with Gasteiger partial charge in [0.1, 0.15) is 5.75 Å². The molecule has 1 aromatic carbocycles. The molecule has 0 aliphatic carbocycles. The highest BCUT2D eigenvalue weighted by molar-refractivity contribution is 5.95. The normalized spacial score (nSPS) is 9.17. The number of unbranched alkanes of at least 4 members (excludes halogenated alkanes) is 1. The maximum atomic E-state index is 11.2. The van der Waals surface area contributed by atoms with Gasteiger partial charge in [0, 0.05) is 11.8 Å². The molecular formula is C14H23NO3. The van der Waals surface area contributed by atoms with E-state index in [2.05, 4.69) is 18.6 Å². The van der Waals surface area contributed by atoms with E-state index in [0.717, 1.165) is 5.56 Å². The average molecular weight is 253 g/mol. The van der Waals surface area contributed by atoms with Crippen molar-refractivity contribution in [2.24, 2.45) is 0 Å². The molecule has 0 aromatic heterocycles. The second-order valence-corrected chi connectivity index (χ2v) is 3.90. The van der Waals surface area contributed by atoms with Crippen molar-refractivity contribution in [3.8, 4) is 5.75 Å². The third-order valence-corrected chi connectivity index (χ3v) is 2.47. The Morgan fingerprint density at radius 3 is 2.17 bits per heavy atom. The van der Waals surface area contributed by atoms with E-state index >= 15 is 0 Å². The number of hydrogen-bond donors (Lipinski definition) is 1. The Morgan fingerprint density at radius 2 is 1.78 bits per heavy atom. The number of ether oxygens (including phenoxy) is 2. The number of anilines is 1. The smallest absolute Gasteiger partial charge is 0.339 e. The van der Waals surface area contributed by atoms with E-state index in [1.807, 2.05) is 6.92 Å². The fraction of sp³-hybridized carbons (Fsp3) is 0.500. The minimum absolute atomic E-state index is 0.360. The van der Waals surface area contributed by atoms with Crippen molar-refractivity contribution in [1.82, 2.24) is 0 Å². The van der Waals surface area contributed by atoms with E-state index in [-0.39, 0.29) is 0 Å². The molecule has 102 valence electrons. The molecule has 0 spiro atoms. The molecule has 0 amide bonds. The van der Waals surface area contributed by atoms with Crippen LogP contribution in [0.1, 0.15) is 42.6 Å². The first kappa shape index (κ1) is 16.3. The molecule has 0 fully saturated rings. The second-order valence-electron chi connectivity index (χ2n) is 3.90. The van der Waals surface area contributed by atoms with Crippen molar-refractivity contribution >= 4 is 11.7 Å². The van der Waals surface area contributed by atoms with Crippen LogP contribution in [0.5, 0.6) is 5.75 Å². The third-order valence-electron chi connectivity index (χ3n) is 2.47. The van der Waals surface area contributed by atoms with Gasteiger partial charge in [-0.05, 0) is 18.6 Å². The Kier molecular flexibility index (Phi) is 7.59. The first-order valence-corrected chi connectivity index (χ1v) is 6.04. The predicted molar refractivity (Wildman–Crippen MR) is 74.1 cm³/mol. The predicted octanol–water partition coefficient (Wildman–Crippen LogP) is 3.18. The van der Waals surface area contributed by atoms with Crippen LogP contribution < -0.4 is 10.5 Å². The van der Waals surface area contributed by atoms with E-state index in [1.54, 1.807) is 19.2 Å². The summed E-state index contributed by atoms with van der Waals surface area (Å²) >= 11 is 0. The van der Waals surface area contributed by atoms with Crippen molar-refractivity contribution < 1.29 is 14.3 Å². The molecule has 0 aliphatic rings. The van der Waals surface area contributed by atoms with Gasteiger partial charge in [0.15, 0.2) is 0 Å². The Hall–Kier alpha value is -1.71. The number of benzene rings is 1. The summed E-state index contributed by atoms with van der Waals surface area (Å²) in [6.45, 7) is 6.20. The average Bonchev–Trinajstić information content (AvgIpc) is 2.40. The number of carbonyl (C=O) groups is 1. The molecular weight excluding hydrogens is 230 g/mol. The lowest BCUT2D eigenvalue weighted by Crippen LogP contribution is -2.06. The van der Waals surface area contributed by atoms with E-state index in [9.17, 15) is 4.79 Å². The highest BCUT2D eigenvalue weighted by Crippen LogP contribution is 2.24. The molecule has 0 atom stereocenters. The number of methoxy groups -OCH3 is 2. The van der Waals surface area contributed by atoms with Gasteiger partial charge in [0.05, 0.1) is 19.8 Å². The summed E-state index contributed by atoms with van der Waals surface area (Å²) < 4.78 is 9.65. The number of aryl methyl sites for hydroxylation is 1. The van der Waals surface area contributed by atoms with Gasteiger partial charge in [-0.3, -0.25) is 0 Å². The van der Waals surface area contributed by atoms with Crippen LogP contribution in [0.2, 0.25) is 0 Å². The lowest BCUT2D eigenvalue weighted by atomic mass is 10.1. The summed E-state index contributed by atoms with van der Waals surface area (Å²) in [7, 11) is 2.88. The summed E-state index contributed by atoms with van der Waals surface area (Å²) in [5, 5.41) is 0. The van der Waals surface area contributed by atoms with Crippen LogP contribution in [0.4, 0.5) is 5.69 Å². The molecule has 18 heavy (non-hydrogen) atoms. The van der Waals surface area contributed by atoms with Gasteiger partial charge in [-0.25, -0.2) is 4.79 Å². The van der Waals surface area contributed by atoms with Gasteiger partial charge in [-0.2, -0.15) is 0 Å². The molecule has 0 unspecified atom stereocenters. The molecule has 1 aromatic rings. The molecule has 4 nitrogen and oxygen atoms in total. The number of carbonyl (C=O) groups excluding carboxylic acids is 1. The summed E-state index contributed by atoms with van der Waals surface area (Å²) in [6.07, 6.45) is 2.64. The van der Waals surface area contributed by atoms with Gasteiger partial charge in [0.25, 0.3) is 0 Å². The van der Waals surface area contributed by atoms with E-state index in [4.69, 9.17) is 10.5 Å². The minimum atomic E-state index is -0.437. The van der Waals surface area contributed by atoms with Crippen LogP contribution in [0.15, 0.2) is 12.1 Å². The third kappa shape index (κ3) is 4.65. The van der Waals surface area contributed by atoms with Crippen LogP contribution in [0.25, 0.3) is 0 Å². The van der Waals surface area contributed by atoms with Gasteiger partial charge in [-0.15, -0.1) is 0 Å². The van der Waals surface area contributed by atoms with E-state index < -0.39 is 5.97 Å². The SMILES string of the molecule is CCCC.COC(=O)c1cc(C)c(OC)cc1N. The highest BCUT2D eigenvalue weighted by atomic mass is 16.5. The Morgan fingerprint density at radius 1 is 1.22 bits per heavy atom. The molecule has 0 radical (unpaired) electrons. The summed E-state index contributed by atoms with van der Waals surface area (Å²) in [6, 6.07) is 3.27. The zero-order valence-electron chi connectivity index (χ0n) is 11.9. The van der Waals surface area contributed by atoms with Crippen LogP contribution >= 0.6 is 0 Å². The Bertz CT molecular complexity index is 387. The monoisotopic (exact) mass is 253 g/mol. The molecule has 0 heterocycles. The number of nitrogen functional groups attached to an aromatic ring is 1. The standard InChI is InChI=1S/C10H13NO3.C4H10/c1-6-4-7(10(12)14-3)8(11)5-9(6)13-2;1-3-4-2/h4-5H,11H2,1-3H3;3-4H2,1-2H3. The fourth-order valence-electron chi connectivity index (χ4n) is 1.21. The molecule has 0 bridgehead atoms. The summed E-state index contributed by atoms with van der Waals surface area (Å²) in [4.78, 5) is 11.2. The zero-order valence-corrected chi connectivity index (χ0v) is 11.9. The lowest BCUT2D eigenvalue weighted by Gasteiger charge is -2.09. The number of rotatable bonds is 3. The van der Waals surface area contributed by atoms with Crippen LogP contribution in [-0.2, 0) is 4.74 Å². The van der Waals surface area contributed by atoms with Gasteiger partial charge >= 0.3 is 5.97 Å². The number of esters is 1. The minimum Gasteiger partial charge on any atom is -0.496 e. The molecule has 0 saturated carbocycles. The molecule has 0 aliphatic heterocycles. The fourth-order valence-corrected chi connectivity index (χ4v) is 1.21. The van der Waals surface area contributed by atoms with E-state index in [0.29, 0.717) is 17.0 Å². The first-order chi connectivity index (χ1) is 8.51. The maximum absolute atomic E-state index is 11.2. The Balaban J connectivity index is 0.000000631. The van der Waals surface area contributed by atoms with Crippen molar-refractivity contribution in [2.75, 3.05) is 20.0 Å². The Labute approximate surface area is 109 Å². The van der Waals surface area contributed by atoms with Crippen LogP contribution in [0, 0.1) is 6.92 Å². The lowest BCUT2D eigenvalue weighted by molar-refractivity contribution is 0.0602. The maximum Gasteiger partial charge on any atom is 0.339 e. The van der Waals surface area contributed by atoms with Crippen molar-refractivity contribution in [2.45, 2.75) is 33.6 Å². The van der Waals surface area contributed by atoms with Crippen molar-refractivity contribution in [1.29, 1.82) is 0 Å². The van der Waals surface area contributed by atoms with Gasteiger partial charge in [0.2, 0.25) is 0 Å². The van der Waals surface area contributed by atoms with E-state index in [1.165, 1.54) is 20.0 Å². The number of hydrogen-bond acceptors (Lipinski definition) is 4. The molecule has 1 rings (SSSR count). The topological polar surface area (TPSA) is 61.5 Å².